The van der Waals surface area contributed by atoms with Gasteiger partial charge in [0.05, 0.1) is 34.5 Å². The number of amides is 2. The molecular weight excluding hydrogens is 332 g/mol. The Morgan fingerprint density at radius 2 is 1.32 bits per heavy atom. The van der Waals surface area contributed by atoms with Gasteiger partial charge in [-0.3, -0.25) is 10.6 Å². The van der Waals surface area contributed by atoms with Crippen molar-refractivity contribution in [2.24, 2.45) is 0 Å². The lowest BCUT2D eigenvalue weighted by molar-refractivity contribution is 0.135. The average molecular weight is 356 g/mol. The van der Waals surface area contributed by atoms with Gasteiger partial charge in [0.2, 0.25) is 5.75 Å². The zero-order valence-electron chi connectivity index (χ0n) is 15.0. The lowest BCUT2D eigenvalue weighted by Gasteiger charge is -2.22. The molecule has 0 saturated carbocycles. The quantitative estimate of drug-likeness (QED) is 0.688. The van der Waals surface area contributed by atoms with Gasteiger partial charge in [0.25, 0.3) is 0 Å². The van der Waals surface area contributed by atoms with Crippen LogP contribution in [0, 0.1) is 0 Å². The summed E-state index contributed by atoms with van der Waals surface area (Å²) < 4.78 is 25.5. The summed E-state index contributed by atoms with van der Waals surface area (Å²) in [6, 6.07) is 3.20. The van der Waals surface area contributed by atoms with Crippen LogP contribution in [0.15, 0.2) is 12.1 Å². The van der Waals surface area contributed by atoms with E-state index in [0.29, 0.717) is 22.8 Å². The number of nitrogens with one attached hydrogen (secondary N) is 2. The lowest BCUT2D eigenvalue weighted by atomic mass is 10.1. The number of carbonyl (C=O) groups is 2. The summed E-state index contributed by atoms with van der Waals surface area (Å²) in [7, 11) is 4.41. The maximum Gasteiger partial charge on any atom is 0.409 e. The van der Waals surface area contributed by atoms with Gasteiger partial charge in [-0.1, -0.05) is 0 Å². The summed E-state index contributed by atoms with van der Waals surface area (Å²) in [5.74, 6) is 1.14. The van der Waals surface area contributed by atoms with Crippen LogP contribution in [0.1, 0.15) is 25.6 Å². The van der Waals surface area contributed by atoms with Crippen molar-refractivity contribution in [2.45, 2.75) is 20.0 Å². The normalized spacial score (nSPS) is 10.0. The van der Waals surface area contributed by atoms with Gasteiger partial charge in [-0.2, -0.15) is 0 Å². The molecule has 0 atom stereocenters. The molecule has 1 aromatic carbocycles. The second-order valence-electron chi connectivity index (χ2n) is 4.62. The van der Waals surface area contributed by atoms with E-state index in [-0.39, 0.29) is 13.2 Å². The third-order valence-corrected chi connectivity index (χ3v) is 3.10. The maximum absolute atomic E-state index is 11.8. The van der Waals surface area contributed by atoms with Crippen molar-refractivity contribution in [2.75, 3.05) is 34.5 Å². The Balaban J connectivity index is 3.22. The molecule has 25 heavy (non-hydrogen) atoms. The molecule has 0 fully saturated rings. The zero-order valence-corrected chi connectivity index (χ0v) is 15.0. The number of rotatable bonds is 8. The SMILES string of the molecule is CCOC(=O)NC(NC(=O)OCC)c1cc(OC)c(OC)c(OC)c1. The Labute approximate surface area is 146 Å². The van der Waals surface area contributed by atoms with E-state index in [2.05, 4.69) is 10.6 Å². The molecule has 0 aliphatic heterocycles. The summed E-state index contributed by atoms with van der Waals surface area (Å²) in [4.78, 5) is 23.6. The predicted molar refractivity (Wildman–Crippen MR) is 89.2 cm³/mol. The van der Waals surface area contributed by atoms with Crippen molar-refractivity contribution in [1.29, 1.82) is 0 Å². The molecule has 9 nitrogen and oxygen atoms in total. The van der Waals surface area contributed by atoms with Crippen LogP contribution in [0.4, 0.5) is 9.59 Å². The van der Waals surface area contributed by atoms with Gasteiger partial charge in [0, 0.05) is 5.56 Å². The Kier molecular flexibility index (Phi) is 8.17. The number of methoxy groups -OCH3 is 3. The highest BCUT2D eigenvalue weighted by Crippen LogP contribution is 2.39. The molecule has 2 N–H and O–H groups in total. The minimum atomic E-state index is -0.924. The molecule has 2 amide bonds. The van der Waals surface area contributed by atoms with Crippen LogP contribution < -0.4 is 24.8 Å². The van der Waals surface area contributed by atoms with Crippen molar-refractivity contribution in [3.05, 3.63) is 17.7 Å². The van der Waals surface area contributed by atoms with Gasteiger partial charge in [0.15, 0.2) is 11.5 Å². The van der Waals surface area contributed by atoms with Crippen molar-refractivity contribution < 1.29 is 33.3 Å². The molecule has 0 aromatic heterocycles. The van der Waals surface area contributed by atoms with Gasteiger partial charge in [0.1, 0.15) is 6.17 Å². The second-order valence-corrected chi connectivity index (χ2v) is 4.62. The van der Waals surface area contributed by atoms with Crippen LogP contribution in [-0.4, -0.2) is 46.7 Å². The van der Waals surface area contributed by atoms with E-state index in [1.54, 1.807) is 26.0 Å². The Morgan fingerprint density at radius 1 is 0.880 bits per heavy atom. The molecule has 0 spiro atoms. The fourth-order valence-corrected chi connectivity index (χ4v) is 2.05. The summed E-state index contributed by atoms with van der Waals surface area (Å²) in [6.07, 6.45) is -2.32. The number of carbonyl (C=O) groups excluding carboxylic acids is 2. The van der Waals surface area contributed by atoms with Crippen LogP contribution in [0.2, 0.25) is 0 Å². The first-order valence-corrected chi connectivity index (χ1v) is 7.67. The summed E-state index contributed by atoms with van der Waals surface area (Å²) in [5, 5.41) is 5.08. The largest absolute Gasteiger partial charge is 0.493 e. The van der Waals surface area contributed by atoms with Crippen LogP contribution >= 0.6 is 0 Å². The molecular formula is C16H24N2O7. The van der Waals surface area contributed by atoms with Gasteiger partial charge in [-0.15, -0.1) is 0 Å². The zero-order chi connectivity index (χ0) is 18.8. The fourth-order valence-electron chi connectivity index (χ4n) is 2.05. The molecule has 1 rings (SSSR count). The van der Waals surface area contributed by atoms with Gasteiger partial charge in [-0.05, 0) is 26.0 Å². The highest BCUT2D eigenvalue weighted by molar-refractivity contribution is 5.72. The molecule has 0 aliphatic carbocycles. The van der Waals surface area contributed by atoms with Gasteiger partial charge in [-0.25, -0.2) is 9.59 Å². The van der Waals surface area contributed by atoms with Crippen LogP contribution in [0.5, 0.6) is 17.2 Å². The molecule has 0 unspecified atom stereocenters. The highest BCUT2D eigenvalue weighted by atomic mass is 16.6. The first-order valence-electron chi connectivity index (χ1n) is 7.67. The first-order chi connectivity index (χ1) is 12.0. The third-order valence-electron chi connectivity index (χ3n) is 3.10. The summed E-state index contributed by atoms with van der Waals surface area (Å²) in [6.45, 7) is 3.72. The molecule has 9 heteroatoms. The number of alkyl carbamates (subject to hydrolysis) is 2. The first kappa shape index (κ1) is 20.2. The number of ether oxygens (including phenoxy) is 5. The molecule has 0 bridgehead atoms. The maximum atomic E-state index is 11.8. The van der Waals surface area contributed by atoms with E-state index in [1.165, 1.54) is 21.3 Å². The topological polar surface area (TPSA) is 104 Å². The Hall–Kier alpha value is -2.84. The van der Waals surface area contributed by atoms with E-state index in [9.17, 15) is 9.59 Å². The fraction of sp³-hybridized carbons (Fsp3) is 0.500. The third kappa shape index (κ3) is 5.63. The summed E-state index contributed by atoms with van der Waals surface area (Å²) >= 11 is 0. The Bertz CT molecular complexity index is 547. The average Bonchev–Trinajstić information content (AvgIpc) is 2.60. The van der Waals surface area contributed by atoms with E-state index in [1.807, 2.05) is 0 Å². The molecule has 1 aromatic rings. The lowest BCUT2D eigenvalue weighted by Crippen LogP contribution is -2.41. The molecule has 0 radical (unpaired) electrons. The van der Waals surface area contributed by atoms with Crippen LogP contribution in [-0.2, 0) is 9.47 Å². The molecule has 140 valence electrons. The highest BCUT2D eigenvalue weighted by Gasteiger charge is 2.22. The van der Waals surface area contributed by atoms with E-state index in [4.69, 9.17) is 23.7 Å². The van der Waals surface area contributed by atoms with Crippen molar-refractivity contribution >= 4 is 12.2 Å². The smallest absolute Gasteiger partial charge is 0.409 e. The Morgan fingerprint density at radius 3 is 1.64 bits per heavy atom. The predicted octanol–water partition coefficient (Wildman–Crippen LogP) is 2.20. The van der Waals surface area contributed by atoms with Gasteiger partial charge >= 0.3 is 12.2 Å². The molecule has 0 saturated heterocycles. The molecule has 0 heterocycles. The van der Waals surface area contributed by atoms with Crippen molar-refractivity contribution in [3.8, 4) is 17.2 Å². The van der Waals surface area contributed by atoms with E-state index >= 15 is 0 Å². The minimum Gasteiger partial charge on any atom is -0.493 e. The second kappa shape index (κ2) is 10.1. The van der Waals surface area contributed by atoms with E-state index < -0.39 is 18.4 Å². The van der Waals surface area contributed by atoms with Crippen LogP contribution in [0.25, 0.3) is 0 Å². The van der Waals surface area contributed by atoms with Crippen LogP contribution in [0.3, 0.4) is 0 Å². The molecule has 0 aliphatic rings. The van der Waals surface area contributed by atoms with Crippen molar-refractivity contribution in [1.82, 2.24) is 10.6 Å². The number of hydrogen-bond donors (Lipinski definition) is 2. The minimum absolute atomic E-state index is 0.188. The standard InChI is InChI=1S/C16H24N2O7/c1-6-24-15(19)17-14(18-16(20)25-7-2)10-8-11(21-3)13(23-5)12(9-10)22-4/h8-9,14H,6-7H2,1-5H3,(H,17,19)(H,18,20). The monoisotopic (exact) mass is 356 g/mol. The van der Waals surface area contributed by atoms with Crippen molar-refractivity contribution in [3.63, 3.8) is 0 Å². The van der Waals surface area contributed by atoms with Gasteiger partial charge < -0.3 is 23.7 Å². The number of benzene rings is 1. The van der Waals surface area contributed by atoms with E-state index in [0.717, 1.165) is 0 Å². The summed E-state index contributed by atoms with van der Waals surface area (Å²) in [5.41, 5.74) is 0.482. The number of hydrogen-bond acceptors (Lipinski definition) is 7.